The Labute approximate surface area is 135 Å². The lowest BCUT2D eigenvalue weighted by Crippen LogP contribution is -1.91. The summed E-state index contributed by atoms with van der Waals surface area (Å²) in [7, 11) is 0. The number of rotatable bonds is 5. The van der Waals surface area contributed by atoms with Crippen LogP contribution in [0.5, 0.6) is 0 Å². The van der Waals surface area contributed by atoms with E-state index in [4.69, 9.17) is 21.8 Å². The van der Waals surface area contributed by atoms with Crippen molar-refractivity contribution in [2.45, 2.75) is 10.8 Å². The van der Waals surface area contributed by atoms with Gasteiger partial charge in [0.1, 0.15) is 10.9 Å². The van der Waals surface area contributed by atoms with Gasteiger partial charge in [0.25, 0.3) is 0 Å². The fraction of sp³-hybridized carbons (Fsp3) is 0.0769. The fourth-order valence-corrected chi connectivity index (χ4v) is 2.19. The number of nitrogens with one attached hydrogen (secondary N) is 1. The first kappa shape index (κ1) is 17.7. The minimum atomic E-state index is -1.26. The van der Waals surface area contributed by atoms with Gasteiger partial charge in [-0.2, -0.15) is 0 Å². The van der Waals surface area contributed by atoms with Crippen molar-refractivity contribution in [3.63, 3.8) is 0 Å². The van der Waals surface area contributed by atoms with Gasteiger partial charge in [-0.1, -0.05) is 23.4 Å². The van der Waals surface area contributed by atoms with Gasteiger partial charge in [0, 0.05) is 30.7 Å². The number of halogens is 1. The van der Waals surface area contributed by atoms with E-state index in [1.165, 1.54) is 0 Å². The van der Waals surface area contributed by atoms with Crippen LogP contribution >= 0.6 is 23.4 Å². The molecule has 0 saturated carbocycles. The maximum absolute atomic E-state index is 9.55. The van der Waals surface area contributed by atoms with Gasteiger partial charge in [-0.25, -0.2) is 19.6 Å². The molecule has 7 nitrogen and oxygen atoms in total. The Hall–Kier alpha value is -2.32. The average molecular weight is 342 g/mol. The van der Waals surface area contributed by atoms with Gasteiger partial charge in [-0.15, -0.1) is 0 Å². The zero-order valence-electron chi connectivity index (χ0n) is 11.1. The average Bonchev–Trinajstić information content (AvgIpc) is 2.98. The molecule has 0 bridgehead atoms. The third-order valence-electron chi connectivity index (χ3n) is 1.99. The van der Waals surface area contributed by atoms with Crippen LogP contribution in [0.15, 0.2) is 47.9 Å². The maximum atomic E-state index is 9.55. The van der Waals surface area contributed by atoms with E-state index in [0.29, 0.717) is 17.2 Å². The van der Waals surface area contributed by atoms with Crippen molar-refractivity contribution in [1.82, 2.24) is 15.0 Å². The van der Waals surface area contributed by atoms with Gasteiger partial charge >= 0.3 is 11.9 Å². The molecule has 9 heteroatoms. The van der Waals surface area contributed by atoms with Crippen molar-refractivity contribution in [3.8, 4) is 0 Å². The molecular formula is C13H12ClN3O4S. The summed E-state index contributed by atoms with van der Waals surface area (Å²) < 4.78 is 0. The molecule has 0 fully saturated rings. The number of thioether (sulfide) groups is 1. The molecule has 0 amide bonds. The second-order valence-electron chi connectivity index (χ2n) is 3.62. The van der Waals surface area contributed by atoms with Gasteiger partial charge in [0.2, 0.25) is 0 Å². The molecular weight excluding hydrogens is 330 g/mol. The summed E-state index contributed by atoms with van der Waals surface area (Å²) in [6, 6.07) is 3.65. The van der Waals surface area contributed by atoms with Crippen LogP contribution in [0.4, 0.5) is 0 Å². The molecule has 116 valence electrons. The number of pyridine rings is 1. The normalized spacial score (nSPS) is 10.0. The topological polar surface area (TPSA) is 116 Å². The molecule has 22 heavy (non-hydrogen) atoms. The monoisotopic (exact) mass is 341 g/mol. The number of nitrogens with zero attached hydrogens (tertiary/aromatic N) is 2. The smallest absolute Gasteiger partial charge is 0.328 e. The number of hydrogen-bond acceptors (Lipinski definition) is 5. The number of aromatic nitrogens is 3. The minimum absolute atomic E-state index is 0.558. The second kappa shape index (κ2) is 9.59. The lowest BCUT2D eigenvalue weighted by molar-refractivity contribution is -0.134. The van der Waals surface area contributed by atoms with Gasteiger partial charge in [0.15, 0.2) is 0 Å². The maximum Gasteiger partial charge on any atom is 0.328 e. The third kappa shape index (κ3) is 7.46. The minimum Gasteiger partial charge on any atom is -0.478 e. The van der Waals surface area contributed by atoms with Crippen LogP contribution in [0, 0.1) is 0 Å². The van der Waals surface area contributed by atoms with Gasteiger partial charge < -0.3 is 15.2 Å². The summed E-state index contributed by atoms with van der Waals surface area (Å²) in [6.45, 7) is 0. The fourth-order valence-electron chi connectivity index (χ4n) is 1.13. The van der Waals surface area contributed by atoms with Crippen LogP contribution in [-0.4, -0.2) is 37.1 Å². The van der Waals surface area contributed by atoms with Gasteiger partial charge in [-0.05, 0) is 12.1 Å². The summed E-state index contributed by atoms with van der Waals surface area (Å²) in [5.41, 5.74) is 0. The lowest BCUT2D eigenvalue weighted by Gasteiger charge is -1.99. The number of aromatic amines is 1. The van der Waals surface area contributed by atoms with E-state index >= 15 is 0 Å². The highest BCUT2D eigenvalue weighted by molar-refractivity contribution is 7.98. The molecule has 0 unspecified atom stereocenters. The number of hydrogen-bond donors (Lipinski definition) is 3. The molecule has 2 heterocycles. The van der Waals surface area contributed by atoms with E-state index in [1.807, 2.05) is 12.1 Å². The first-order valence-corrected chi connectivity index (χ1v) is 7.21. The highest BCUT2D eigenvalue weighted by Crippen LogP contribution is 2.25. The SMILES string of the molecule is Clc1cccnc1SCc1ncc[nH]1.O=C(O)C=CC(=O)O. The van der Waals surface area contributed by atoms with Crippen LogP contribution in [0.3, 0.4) is 0 Å². The lowest BCUT2D eigenvalue weighted by atomic mass is 10.5. The zero-order chi connectivity index (χ0) is 16.4. The Morgan fingerprint density at radius 2 is 1.91 bits per heavy atom. The largest absolute Gasteiger partial charge is 0.478 e. The Morgan fingerprint density at radius 1 is 1.23 bits per heavy atom. The van der Waals surface area contributed by atoms with E-state index in [2.05, 4.69) is 15.0 Å². The molecule has 0 atom stereocenters. The van der Waals surface area contributed by atoms with E-state index in [0.717, 1.165) is 16.6 Å². The van der Waals surface area contributed by atoms with E-state index in [9.17, 15) is 9.59 Å². The van der Waals surface area contributed by atoms with Crippen molar-refractivity contribution >= 4 is 35.3 Å². The quantitative estimate of drug-likeness (QED) is 0.565. The first-order valence-electron chi connectivity index (χ1n) is 5.84. The summed E-state index contributed by atoms with van der Waals surface area (Å²) in [4.78, 5) is 30.4. The number of imidazole rings is 1. The van der Waals surface area contributed by atoms with Crippen LogP contribution in [0.25, 0.3) is 0 Å². The number of H-pyrrole nitrogens is 1. The molecule has 0 aliphatic carbocycles. The number of carbonyl (C=O) groups is 2. The molecule has 3 N–H and O–H groups in total. The summed E-state index contributed by atoms with van der Waals surface area (Å²) in [5.74, 6) is -0.833. The molecule has 0 saturated heterocycles. The standard InChI is InChI=1S/C9H8ClN3S.C4H4O4/c10-7-2-1-3-13-9(7)14-6-8-11-4-5-12-8;5-3(6)1-2-4(7)8/h1-5H,6H2,(H,11,12);1-2H,(H,5,6)(H,7,8). The van der Waals surface area contributed by atoms with Crippen LogP contribution in [-0.2, 0) is 15.3 Å². The Balaban J connectivity index is 0.000000261. The summed E-state index contributed by atoms with van der Waals surface area (Å²) in [5, 5.41) is 17.1. The summed E-state index contributed by atoms with van der Waals surface area (Å²) >= 11 is 7.52. The molecule has 0 aliphatic heterocycles. The molecule has 0 radical (unpaired) electrons. The van der Waals surface area contributed by atoms with E-state index < -0.39 is 11.9 Å². The third-order valence-corrected chi connectivity index (χ3v) is 3.43. The highest BCUT2D eigenvalue weighted by Gasteiger charge is 2.02. The van der Waals surface area contributed by atoms with Crippen molar-refractivity contribution in [3.05, 3.63) is 53.7 Å². The number of carboxylic acids is 2. The van der Waals surface area contributed by atoms with Crippen LogP contribution in [0.1, 0.15) is 5.82 Å². The predicted octanol–water partition coefficient (Wildman–Crippen LogP) is 2.46. The van der Waals surface area contributed by atoms with Crippen LogP contribution < -0.4 is 0 Å². The molecule has 0 aliphatic rings. The van der Waals surface area contributed by atoms with E-state index in [-0.39, 0.29) is 0 Å². The molecule has 2 rings (SSSR count). The molecule has 2 aromatic heterocycles. The van der Waals surface area contributed by atoms with Gasteiger partial charge in [-0.3, -0.25) is 0 Å². The van der Waals surface area contributed by atoms with E-state index in [1.54, 1.807) is 30.4 Å². The van der Waals surface area contributed by atoms with Crippen molar-refractivity contribution in [2.75, 3.05) is 0 Å². The second-order valence-corrected chi connectivity index (χ2v) is 5.00. The first-order chi connectivity index (χ1) is 10.5. The summed E-state index contributed by atoms with van der Waals surface area (Å²) in [6.07, 6.45) is 6.38. The number of carboxylic acid groups (broad SMARTS) is 2. The molecule has 0 spiro atoms. The van der Waals surface area contributed by atoms with Crippen molar-refractivity contribution in [1.29, 1.82) is 0 Å². The molecule has 2 aromatic rings. The van der Waals surface area contributed by atoms with Crippen LogP contribution in [0.2, 0.25) is 5.02 Å². The van der Waals surface area contributed by atoms with Gasteiger partial charge in [0.05, 0.1) is 10.8 Å². The number of aliphatic carboxylic acids is 2. The van der Waals surface area contributed by atoms with Crippen molar-refractivity contribution < 1.29 is 19.8 Å². The zero-order valence-corrected chi connectivity index (χ0v) is 12.7. The highest BCUT2D eigenvalue weighted by atomic mass is 35.5. The molecule has 0 aromatic carbocycles. The Bertz CT molecular complexity index is 630. The van der Waals surface area contributed by atoms with Crippen molar-refractivity contribution in [2.24, 2.45) is 0 Å². The predicted molar refractivity (Wildman–Crippen MR) is 81.8 cm³/mol. The Morgan fingerprint density at radius 3 is 2.41 bits per heavy atom. The Kier molecular flexibility index (Phi) is 7.73.